The van der Waals surface area contributed by atoms with Crippen molar-refractivity contribution in [2.75, 3.05) is 26.7 Å². The molecule has 0 unspecified atom stereocenters. The summed E-state index contributed by atoms with van der Waals surface area (Å²) in [7, 11) is -2.40. The summed E-state index contributed by atoms with van der Waals surface area (Å²) in [6.07, 6.45) is 5.95. The Morgan fingerprint density at radius 2 is 1.80 bits per heavy atom. The Bertz CT molecular complexity index is 720. The van der Waals surface area contributed by atoms with Crippen molar-refractivity contribution in [3.63, 3.8) is 0 Å². The molecule has 1 aliphatic heterocycles. The van der Waals surface area contributed by atoms with E-state index >= 15 is 0 Å². The second kappa shape index (κ2) is 7.41. The molecule has 7 heteroatoms. The van der Waals surface area contributed by atoms with Gasteiger partial charge < -0.3 is 4.90 Å². The van der Waals surface area contributed by atoms with Gasteiger partial charge in [-0.2, -0.15) is 4.31 Å². The molecule has 0 aromatic heterocycles. The van der Waals surface area contributed by atoms with Gasteiger partial charge in [0.1, 0.15) is 5.82 Å². The fraction of sp³-hybridized carbons (Fsp3) is 0.611. The van der Waals surface area contributed by atoms with Crippen LogP contribution in [0.5, 0.6) is 0 Å². The van der Waals surface area contributed by atoms with Crippen LogP contribution in [0.25, 0.3) is 0 Å². The van der Waals surface area contributed by atoms with Crippen LogP contribution in [-0.2, 0) is 14.8 Å². The number of carbonyl (C=O) groups excluding carboxylic acids is 1. The summed E-state index contributed by atoms with van der Waals surface area (Å²) < 4.78 is 39.1. The number of carbonyl (C=O) groups is 1. The fourth-order valence-corrected chi connectivity index (χ4v) is 5.11. The van der Waals surface area contributed by atoms with Crippen molar-refractivity contribution in [3.8, 4) is 0 Å². The Balaban J connectivity index is 1.63. The summed E-state index contributed by atoms with van der Waals surface area (Å²) >= 11 is 0. The molecule has 25 heavy (non-hydrogen) atoms. The third kappa shape index (κ3) is 4.03. The van der Waals surface area contributed by atoms with Crippen molar-refractivity contribution in [1.29, 1.82) is 0 Å². The minimum Gasteiger partial charge on any atom is -0.341 e. The number of fused-ring (bicyclic) bond motifs is 1. The van der Waals surface area contributed by atoms with Gasteiger partial charge in [-0.1, -0.05) is 19.3 Å². The maximum atomic E-state index is 13.0. The normalized spacial score (nSPS) is 24.2. The van der Waals surface area contributed by atoms with Gasteiger partial charge in [0.2, 0.25) is 15.9 Å². The summed E-state index contributed by atoms with van der Waals surface area (Å²) in [5, 5.41) is 0. The average molecular weight is 368 g/mol. The van der Waals surface area contributed by atoms with Gasteiger partial charge in [-0.15, -0.1) is 0 Å². The van der Waals surface area contributed by atoms with Gasteiger partial charge in [0, 0.05) is 20.1 Å². The highest BCUT2D eigenvalue weighted by Crippen LogP contribution is 2.36. The maximum Gasteiger partial charge on any atom is 0.243 e. The molecule has 3 rings (SSSR count). The first kappa shape index (κ1) is 18.3. The third-order valence-corrected chi connectivity index (χ3v) is 7.34. The smallest absolute Gasteiger partial charge is 0.243 e. The van der Waals surface area contributed by atoms with Crippen LogP contribution in [0.3, 0.4) is 0 Å². The predicted molar refractivity (Wildman–Crippen MR) is 92.9 cm³/mol. The number of hydrogen-bond acceptors (Lipinski definition) is 3. The van der Waals surface area contributed by atoms with E-state index in [1.807, 2.05) is 4.90 Å². The second-order valence-corrected chi connectivity index (χ2v) is 9.19. The number of halogens is 1. The molecule has 1 saturated carbocycles. The minimum absolute atomic E-state index is 0.00445. The Labute approximate surface area is 148 Å². The van der Waals surface area contributed by atoms with Crippen molar-refractivity contribution >= 4 is 15.9 Å². The van der Waals surface area contributed by atoms with Crippen molar-refractivity contribution in [2.24, 2.45) is 11.8 Å². The molecule has 0 spiro atoms. The van der Waals surface area contributed by atoms with Gasteiger partial charge in [0.05, 0.1) is 11.4 Å². The molecule has 1 saturated heterocycles. The van der Waals surface area contributed by atoms with Crippen molar-refractivity contribution in [3.05, 3.63) is 30.1 Å². The van der Waals surface area contributed by atoms with Crippen LogP contribution in [0.2, 0.25) is 0 Å². The van der Waals surface area contributed by atoms with Gasteiger partial charge >= 0.3 is 0 Å². The molecular weight excluding hydrogens is 343 g/mol. The van der Waals surface area contributed by atoms with E-state index < -0.39 is 15.8 Å². The van der Waals surface area contributed by atoms with Gasteiger partial charge in [0.25, 0.3) is 0 Å². The van der Waals surface area contributed by atoms with E-state index in [0.29, 0.717) is 12.5 Å². The molecule has 2 aliphatic rings. The summed E-state index contributed by atoms with van der Waals surface area (Å²) in [6, 6.07) is 4.66. The standard InChI is InChI=1S/C18H25FN2O3S/c1-20(25(23,24)17-8-6-16(19)7-9-17)13-18(22)21-11-10-14-4-2-3-5-15(14)12-21/h6-9,14-15H,2-5,10-13H2,1H3/t14-,15+/m0/s1. The highest BCUT2D eigenvalue weighted by Gasteiger charge is 2.34. The van der Waals surface area contributed by atoms with Crippen LogP contribution in [0.4, 0.5) is 4.39 Å². The molecule has 1 aromatic rings. The number of likely N-dealkylation sites (N-methyl/N-ethyl adjacent to an activating group) is 1. The Morgan fingerprint density at radius 3 is 2.48 bits per heavy atom. The van der Waals surface area contributed by atoms with Crippen LogP contribution < -0.4 is 0 Å². The first-order valence-corrected chi connectivity index (χ1v) is 10.3. The molecule has 138 valence electrons. The van der Waals surface area contributed by atoms with Gasteiger partial charge in [0.15, 0.2) is 0 Å². The topological polar surface area (TPSA) is 57.7 Å². The van der Waals surface area contributed by atoms with Crippen LogP contribution >= 0.6 is 0 Å². The lowest BCUT2D eigenvalue weighted by Crippen LogP contribution is -2.48. The quantitative estimate of drug-likeness (QED) is 0.820. The van der Waals surface area contributed by atoms with Crippen LogP contribution in [0, 0.1) is 17.7 Å². The van der Waals surface area contributed by atoms with E-state index in [-0.39, 0.29) is 17.3 Å². The lowest BCUT2D eigenvalue weighted by molar-refractivity contribution is -0.134. The zero-order chi connectivity index (χ0) is 18.0. The van der Waals surface area contributed by atoms with E-state index in [0.717, 1.165) is 41.7 Å². The summed E-state index contributed by atoms with van der Waals surface area (Å²) in [4.78, 5) is 14.4. The average Bonchev–Trinajstić information content (AvgIpc) is 2.61. The molecule has 1 aliphatic carbocycles. The van der Waals surface area contributed by atoms with Crippen molar-refractivity contribution < 1.29 is 17.6 Å². The van der Waals surface area contributed by atoms with Gasteiger partial charge in [-0.3, -0.25) is 4.79 Å². The first-order valence-electron chi connectivity index (χ1n) is 8.87. The highest BCUT2D eigenvalue weighted by atomic mass is 32.2. The number of amides is 1. The maximum absolute atomic E-state index is 13.0. The Hall–Kier alpha value is -1.47. The first-order chi connectivity index (χ1) is 11.9. The van der Waals surface area contributed by atoms with Crippen molar-refractivity contribution in [2.45, 2.75) is 37.0 Å². The molecule has 0 N–H and O–H groups in total. The molecular formula is C18H25FN2O3S. The lowest BCUT2D eigenvalue weighted by atomic mass is 9.75. The predicted octanol–water partition coefficient (Wildman–Crippen LogP) is 2.48. The summed E-state index contributed by atoms with van der Waals surface area (Å²) in [6.45, 7) is 1.27. The Morgan fingerprint density at radius 1 is 1.16 bits per heavy atom. The number of hydrogen-bond donors (Lipinski definition) is 0. The lowest BCUT2D eigenvalue weighted by Gasteiger charge is -2.41. The zero-order valence-corrected chi connectivity index (χ0v) is 15.3. The van der Waals surface area contributed by atoms with Crippen molar-refractivity contribution in [1.82, 2.24) is 9.21 Å². The molecule has 1 aromatic carbocycles. The molecule has 1 amide bonds. The zero-order valence-electron chi connectivity index (χ0n) is 14.5. The van der Waals surface area contributed by atoms with Gasteiger partial charge in [-0.25, -0.2) is 12.8 Å². The van der Waals surface area contributed by atoms with E-state index in [1.54, 1.807) is 0 Å². The fourth-order valence-electron chi connectivity index (χ4n) is 3.99. The number of nitrogens with zero attached hydrogens (tertiary/aromatic N) is 2. The van der Waals surface area contributed by atoms with Crippen LogP contribution in [0.1, 0.15) is 32.1 Å². The summed E-state index contributed by atoms with van der Waals surface area (Å²) in [5.41, 5.74) is 0. The van der Waals surface area contributed by atoms with Crippen LogP contribution in [0.15, 0.2) is 29.2 Å². The third-order valence-electron chi connectivity index (χ3n) is 5.52. The molecule has 1 heterocycles. The molecule has 2 atom stereocenters. The highest BCUT2D eigenvalue weighted by molar-refractivity contribution is 7.89. The number of likely N-dealkylation sites (tertiary alicyclic amines) is 1. The van der Waals surface area contributed by atoms with E-state index in [1.165, 1.54) is 38.4 Å². The monoisotopic (exact) mass is 368 g/mol. The molecule has 2 fully saturated rings. The van der Waals surface area contributed by atoms with E-state index in [4.69, 9.17) is 0 Å². The van der Waals surface area contributed by atoms with E-state index in [2.05, 4.69) is 0 Å². The van der Waals surface area contributed by atoms with Gasteiger partial charge in [-0.05, 0) is 48.9 Å². The molecule has 0 radical (unpaired) electrons. The van der Waals surface area contributed by atoms with E-state index in [9.17, 15) is 17.6 Å². The number of rotatable bonds is 4. The minimum atomic E-state index is -3.79. The second-order valence-electron chi connectivity index (χ2n) is 7.15. The SMILES string of the molecule is CN(CC(=O)N1CC[C@@H]2CCCC[C@@H]2C1)S(=O)(=O)c1ccc(F)cc1. The Kier molecular flexibility index (Phi) is 5.43. The summed E-state index contributed by atoms with van der Waals surface area (Å²) in [5.74, 6) is 0.634. The largest absolute Gasteiger partial charge is 0.341 e. The van der Waals surface area contributed by atoms with Crippen LogP contribution in [-0.4, -0.2) is 50.2 Å². The molecule has 5 nitrogen and oxygen atoms in total. The number of benzene rings is 1. The number of sulfonamides is 1. The number of piperidine rings is 1. The molecule has 0 bridgehead atoms.